The quantitative estimate of drug-likeness (QED) is 0.699. The number of aromatic nitrogens is 2. The van der Waals surface area contributed by atoms with Crippen molar-refractivity contribution >= 4 is 44.6 Å². The molecular weight excluding hydrogens is 370 g/mol. The summed E-state index contributed by atoms with van der Waals surface area (Å²) in [6.45, 7) is 0.642. The van der Waals surface area contributed by atoms with Crippen LogP contribution in [0.15, 0.2) is 46.5 Å². The third-order valence-electron chi connectivity index (χ3n) is 2.81. The Morgan fingerprint density at radius 1 is 1.19 bits per heavy atom. The molecule has 3 aromatic rings. The molecule has 7 heteroatoms. The van der Waals surface area contributed by atoms with Gasteiger partial charge in [0.1, 0.15) is 6.10 Å². The molecule has 0 aliphatic rings. The molecule has 0 spiro atoms. The molecule has 21 heavy (non-hydrogen) atoms. The Morgan fingerprint density at radius 3 is 2.71 bits per heavy atom. The fourth-order valence-corrected chi connectivity index (χ4v) is 3.76. The van der Waals surface area contributed by atoms with Crippen LogP contribution >= 0.6 is 38.6 Å². The van der Waals surface area contributed by atoms with Crippen molar-refractivity contribution in [1.82, 2.24) is 9.97 Å². The predicted molar refractivity (Wildman–Crippen MR) is 89.8 cm³/mol. The van der Waals surface area contributed by atoms with Crippen molar-refractivity contribution in [1.29, 1.82) is 0 Å². The minimum atomic E-state index is -0.535. The van der Waals surface area contributed by atoms with Crippen molar-refractivity contribution < 1.29 is 5.11 Å². The maximum absolute atomic E-state index is 10.3. The van der Waals surface area contributed by atoms with E-state index in [1.807, 2.05) is 29.6 Å². The van der Waals surface area contributed by atoms with Crippen molar-refractivity contribution in [3.8, 4) is 0 Å². The van der Waals surface area contributed by atoms with Crippen molar-refractivity contribution in [2.45, 2.75) is 12.6 Å². The van der Waals surface area contributed by atoms with Crippen LogP contribution in [0.5, 0.6) is 0 Å². The summed E-state index contributed by atoms with van der Waals surface area (Å²) >= 11 is 6.46. The molecule has 0 radical (unpaired) electrons. The molecule has 2 N–H and O–H groups in total. The molecule has 0 aliphatic heterocycles. The summed E-state index contributed by atoms with van der Waals surface area (Å²) in [6.07, 6.45) is 2.87. The maximum Gasteiger partial charge on any atom is 0.222 e. The summed E-state index contributed by atoms with van der Waals surface area (Å²) in [5, 5.41) is 15.4. The molecule has 0 amide bonds. The standard InChI is InChI=1S/C14H12BrN3OS2/c15-9-6-16-14(17-7-9)18-8-10-3-4-12(21-10)13(19)11-2-1-5-20-11/h1-7,13,19H,8H2,(H,16,17,18). The number of aliphatic hydroxyl groups excluding tert-OH is 1. The SMILES string of the molecule is OC(c1cccs1)c1ccc(CNc2ncc(Br)cn2)s1. The van der Waals surface area contributed by atoms with Gasteiger partial charge >= 0.3 is 0 Å². The van der Waals surface area contributed by atoms with Crippen LogP contribution in [-0.4, -0.2) is 15.1 Å². The maximum atomic E-state index is 10.3. The molecule has 108 valence electrons. The smallest absolute Gasteiger partial charge is 0.222 e. The van der Waals surface area contributed by atoms with E-state index in [2.05, 4.69) is 31.2 Å². The van der Waals surface area contributed by atoms with Gasteiger partial charge in [0.2, 0.25) is 5.95 Å². The van der Waals surface area contributed by atoms with E-state index in [0.717, 1.165) is 19.1 Å². The van der Waals surface area contributed by atoms with Crippen LogP contribution in [0, 0.1) is 0 Å². The molecule has 3 rings (SSSR count). The summed E-state index contributed by atoms with van der Waals surface area (Å²) < 4.78 is 0.852. The minimum absolute atomic E-state index is 0.535. The number of thiophene rings is 2. The molecule has 0 fully saturated rings. The number of hydrogen-bond donors (Lipinski definition) is 2. The predicted octanol–water partition coefficient (Wildman–Crippen LogP) is 4.06. The Kier molecular flexibility index (Phi) is 4.64. The van der Waals surface area contributed by atoms with Crippen LogP contribution in [0.2, 0.25) is 0 Å². The van der Waals surface area contributed by atoms with Crippen molar-refractivity contribution in [2.75, 3.05) is 5.32 Å². The van der Waals surface area contributed by atoms with Gasteiger partial charge in [-0.2, -0.15) is 0 Å². The van der Waals surface area contributed by atoms with E-state index in [4.69, 9.17) is 0 Å². The fraction of sp³-hybridized carbons (Fsp3) is 0.143. The summed E-state index contributed by atoms with van der Waals surface area (Å²) in [5.41, 5.74) is 0. The van der Waals surface area contributed by atoms with Crippen molar-refractivity contribution in [3.05, 3.63) is 61.1 Å². The van der Waals surface area contributed by atoms with Gasteiger partial charge in [-0.25, -0.2) is 9.97 Å². The average molecular weight is 382 g/mol. The molecule has 0 bridgehead atoms. The lowest BCUT2D eigenvalue weighted by molar-refractivity contribution is 0.228. The van der Waals surface area contributed by atoms with Gasteiger partial charge < -0.3 is 10.4 Å². The first-order valence-electron chi connectivity index (χ1n) is 6.24. The Morgan fingerprint density at radius 2 is 2.00 bits per heavy atom. The summed E-state index contributed by atoms with van der Waals surface area (Å²) in [7, 11) is 0. The Balaban J connectivity index is 1.64. The first kappa shape index (κ1) is 14.6. The Hall–Kier alpha value is -1.28. The monoisotopic (exact) mass is 381 g/mol. The summed E-state index contributed by atoms with van der Waals surface area (Å²) in [6, 6.07) is 7.88. The number of hydrogen-bond acceptors (Lipinski definition) is 6. The lowest BCUT2D eigenvalue weighted by Gasteiger charge is -2.05. The highest BCUT2D eigenvalue weighted by Crippen LogP contribution is 2.31. The number of aliphatic hydroxyl groups is 1. The molecule has 3 heterocycles. The molecule has 0 aliphatic carbocycles. The van der Waals surface area contributed by atoms with Gasteiger partial charge in [-0.15, -0.1) is 22.7 Å². The van der Waals surface area contributed by atoms with E-state index in [0.29, 0.717) is 12.5 Å². The largest absolute Gasteiger partial charge is 0.382 e. The number of rotatable bonds is 5. The zero-order valence-corrected chi connectivity index (χ0v) is 14.1. The van der Waals surface area contributed by atoms with E-state index in [9.17, 15) is 5.11 Å². The fourth-order valence-electron chi connectivity index (χ4n) is 1.79. The molecular formula is C14H12BrN3OS2. The lowest BCUT2D eigenvalue weighted by atomic mass is 10.2. The minimum Gasteiger partial charge on any atom is -0.382 e. The second kappa shape index (κ2) is 6.65. The van der Waals surface area contributed by atoms with Crippen molar-refractivity contribution in [3.63, 3.8) is 0 Å². The number of nitrogens with one attached hydrogen (secondary N) is 1. The molecule has 1 atom stereocenters. The van der Waals surface area contributed by atoms with Crippen LogP contribution < -0.4 is 5.32 Å². The highest BCUT2D eigenvalue weighted by Gasteiger charge is 2.13. The topological polar surface area (TPSA) is 58.0 Å². The van der Waals surface area contributed by atoms with E-state index < -0.39 is 6.10 Å². The summed E-state index contributed by atoms with van der Waals surface area (Å²) in [4.78, 5) is 11.4. The van der Waals surface area contributed by atoms with Gasteiger partial charge in [0.25, 0.3) is 0 Å². The van der Waals surface area contributed by atoms with Gasteiger partial charge in [-0.05, 0) is 39.5 Å². The van der Waals surface area contributed by atoms with Gasteiger partial charge in [-0.1, -0.05) is 6.07 Å². The number of anilines is 1. The normalized spacial score (nSPS) is 12.3. The van der Waals surface area contributed by atoms with Crippen LogP contribution in [-0.2, 0) is 6.54 Å². The molecule has 1 unspecified atom stereocenters. The zero-order chi connectivity index (χ0) is 14.7. The van der Waals surface area contributed by atoms with Gasteiger partial charge in [-0.3, -0.25) is 0 Å². The van der Waals surface area contributed by atoms with Gasteiger partial charge in [0.05, 0.1) is 11.0 Å². The third-order valence-corrected chi connectivity index (χ3v) is 5.28. The molecule has 0 aromatic carbocycles. The highest BCUT2D eigenvalue weighted by atomic mass is 79.9. The van der Waals surface area contributed by atoms with E-state index >= 15 is 0 Å². The van der Waals surface area contributed by atoms with Gasteiger partial charge in [0, 0.05) is 27.0 Å². The van der Waals surface area contributed by atoms with Gasteiger partial charge in [0.15, 0.2) is 0 Å². The highest BCUT2D eigenvalue weighted by molar-refractivity contribution is 9.10. The van der Waals surface area contributed by atoms with E-state index in [1.54, 1.807) is 35.1 Å². The molecule has 0 saturated heterocycles. The molecule has 0 saturated carbocycles. The van der Waals surface area contributed by atoms with E-state index in [-0.39, 0.29) is 0 Å². The summed E-state index contributed by atoms with van der Waals surface area (Å²) in [5.74, 6) is 0.590. The molecule has 4 nitrogen and oxygen atoms in total. The van der Waals surface area contributed by atoms with Crippen LogP contribution in [0.1, 0.15) is 20.7 Å². The Labute approximate surface area is 138 Å². The number of halogens is 1. The van der Waals surface area contributed by atoms with Crippen LogP contribution in [0.25, 0.3) is 0 Å². The second-order valence-corrected chi connectivity index (χ2v) is 7.40. The second-order valence-electron chi connectivity index (χ2n) is 4.30. The van der Waals surface area contributed by atoms with E-state index in [1.165, 1.54) is 0 Å². The van der Waals surface area contributed by atoms with Crippen molar-refractivity contribution in [2.24, 2.45) is 0 Å². The number of nitrogens with zero attached hydrogens (tertiary/aromatic N) is 2. The molecule has 3 aromatic heterocycles. The lowest BCUT2D eigenvalue weighted by Crippen LogP contribution is -2.01. The third kappa shape index (κ3) is 3.68. The first-order valence-corrected chi connectivity index (χ1v) is 8.73. The van der Waals surface area contributed by atoms with Crippen LogP contribution in [0.4, 0.5) is 5.95 Å². The average Bonchev–Trinajstić information content (AvgIpc) is 3.18. The zero-order valence-electron chi connectivity index (χ0n) is 10.9. The first-order chi connectivity index (χ1) is 10.2. The Bertz CT molecular complexity index is 697. The van der Waals surface area contributed by atoms with Crippen LogP contribution in [0.3, 0.4) is 0 Å².